The van der Waals surface area contributed by atoms with Crippen LogP contribution in [0.5, 0.6) is 5.75 Å². The highest BCUT2D eigenvalue weighted by Crippen LogP contribution is 2.46. The number of aryl methyl sites for hydroxylation is 1. The molecule has 0 spiro atoms. The van der Waals surface area contributed by atoms with Gasteiger partial charge in [0.15, 0.2) is 0 Å². The van der Waals surface area contributed by atoms with Crippen LogP contribution in [-0.4, -0.2) is 19.6 Å². The summed E-state index contributed by atoms with van der Waals surface area (Å²) >= 11 is 0. The highest BCUT2D eigenvalue weighted by atomic mass is 16.3. The van der Waals surface area contributed by atoms with E-state index in [-0.39, 0.29) is 27.4 Å². The molecule has 2 aromatic heterocycles. The molecule has 2 heterocycles. The number of hydrogen-bond donors (Lipinski definition) is 1. The summed E-state index contributed by atoms with van der Waals surface area (Å²) in [5.41, 5.74) is 19.6. The standard InChI is InChI=1S/C65H67N3O/c1-41-31-44(47-35-50(62(2,3)4)38-51(36-47)63(5,6)7)27-28-57(41)68-58-26-20-25-53(59(58)67-61(68)54-39-52(64(8,9)10)40-55(60(54)69)65(11,12)13)48-32-46(43-23-18-15-19-24-43)33-49(34-48)56-37-45(29-30-66-56)42-21-16-14-17-22-42/h14-40,69H,1-13H3. The molecule has 4 nitrogen and oxygen atoms in total. The molecule has 4 heteroatoms. The van der Waals surface area contributed by atoms with Crippen molar-refractivity contribution in [3.05, 3.63) is 192 Å². The molecule has 0 unspecified atom stereocenters. The maximum Gasteiger partial charge on any atom is 0.149 e. The smallest absolute Gasteiger partial charge is 0.149 e. The number of imidazole rings is 1. The molecular weight excluding hydrogens is 839 g/mol. The van der Waals surface area contributed by atoms with Crippen LogP contribution in [0.25, 0.3) is 83.9 Å². The summed E-state index contributed by atoms with van der Waals surface area (Å²) in [5, 5.41) is 12.6. The normalized spacial score (nSPS) is 12.5. The molecule has 7 aromatic carbocycles. The summed E-state index contributed by atoms with van der Waals surface area (Å²) in [6.45, 7) is 29.2. The number of phenols is 1. The monoisotopic (exact) mass is 906 g/mol. The molecule has 0 bridgehead atoms. The summed E-state index contributed by atoms with van der Waals surface area (Å²) < 4.78 is 2.28. The maximum atomic E-state index is 12.6. The Morgan fingerprint density at radius 2 is 0.971 bits per heavy atom. The van der Waals surface area contributed by atoms with Crippen LogP contribution in [0.2, 0.25) is 0 Å². The zero-order chi connectivity index (χ0) is 49.2. The lowest BCUT2D eigenvalue weighted by atomic mass is 9.78. The Morgan fingerprint density at radius 3 is 1.57 bits per heavy atom. The van der Waals surface area contributed by atoms with Crippen LogP contribution in [0.1, 0.15) is 111 Å². The van der Waals surface area contributed by atoms with Gasteiger partial charge in [0, 0.05) is 22.9 Å². The number of hydrogen-bond acceptors (Lipinski definition) is 3. The van der Waals surface area contributed by atoms with Gasteiger partial charge in [-0.2, -0.15) is 0 Å². The van der Waals surface area contributed by atoms with Crippen LogP contribution in [-0.2, 0) is 21.7 Å². The van der Waals surface area contributed by atoms with E-state index in [2.05, 4.69) is 246 Å². The third-order valence-corrected chi connectivity index (χ3v) is 13.7. The Kier molecular flexibility index (Phi) is 11.9. The Morgan fingerprint density at radius 1 is 0.420 bits per heavy atom. The van der Waals surface area contributed by atoms with E-state index in [0.29, 0.717) is 11.4 Å². The third kappa shape index (κ3) is 9.42. The second kappa shape index (κ2) is 17.5. The largest absolute Gasteiger partial charge is 0.507 e. The van der Waals surface area contributed by atoms with Gasteiger partial charge >= 0.3 is 0 Å². The molecule has 0 aliphatic heterocycles. The molecule has 0 saturated heterocycles. The number of aromatic hydroxyl groups is 1. The summed E-state index contributed by atoms with van der Waals surface area (Å²) in [6, 6.07) is 56.9. The molecule has 9 rings (SSSR count). The van der Waals surface area contributed by atoms with E-state index in [9.17, 15) is 5.11 Å². The van der Waals surface area contributed by atoms with Gasteiger partial charge in [0.2, 0.25) is 0 Å². The van der Waals surface area contributed by atoms with Crippen LogP contribution in [0.4, 0.5) is 0 Å². The molecule has 0 radical (unpaired) electrons. The second-order valence-corrected chi connectivity index (χ2v) is 23.1. The van der Waals surface area contributed by atoms with Crippen molar-refractivity contribution < 1.29 is 5.11 Å². The summed E-state index contributed by atoms with van der Waals surface area (Å²) in [7, 11) is 0. The lowest BCUT2D eigenvalue weighted by Crippen LogP contribution is -2.17. The third-order valence-electron chi connectivity index (χ3n) is 13.7. The summed E-state index contributed by atoms with van der Waals surface area (Å²) in [6.07, 6.45) is 1.91. The van der Waals surface area contributed by atoms with Gasteiger partial charge in [-0.25, -0.2) is 4.98 Å². The van der Waals surface area contributed by atoms with Gasteiger partial charge in [-0.3, -0.25) is 9.55 Å². The van der Waals surface area contributed by atoms with Gasteiger partial charge < -0.3 is 5.11 Å². The lowest BCUT2D eigenvalue weighted by Gasteiger charge is -2.27. The van der Waals surface area contributed by atoms with Crippen molar-refractivity contribution in [3.63, 3.8) is 0 Å². The molecule has 0 aliphatic carbocycles. The first kappa shape index (κ1) is 47.0. The number of para-hydroxylation sites is 1. The minimum Gasteiger partial charge on any atom is -0.507 e. The average Bonchev–Trinajstić information content (AvgIpc) is 3.70. The van der Waals surface area contributed by atoms with Crippen LogP contribution in [0.15, 0.2) is 164 Å². The van der Waals surface area contributed by atoms with E-state index >= 15 is 0 Å². The van der Waals surface area contributed by atoms with E-state index in [4.69, 9.17) is 9.97 Å². The number of fused-ring (bicyclic) bond motifs is 1. The van der Waals surface area contributed by atoms with Crippen LogP contribution in [0.3, 0.4) is 0 Å². The molecule has 1 N–H and O–H groups in total. The number of nitrogens with zero attached hydrogens (tertiary/aromatic N) is 3. The fourth-order valence-electron chi connectivity index (χ4n) is 9.44. The van der Waals surface area contributed by atoms with Gasteiger partial charge in [-0.05, 0) is 144 Å². The number of rotatable bonds is 7. The first-order chi connectivity index (χ1) is 32.5. The van der Waals surface area contributed by atoms with Crippen LogP contribution < -0.4 is 0 Å². The molecule has 0 amide bonds. The minimum atomic E-state index is -0.326. The van der Waals surface area contributed by atoms with E-state index < -0.39 is 0 Å². The highest BCUT2D eigenvalue weighted by molar-refractivity contribution is 5.98. The van der Waals surface area contributed by atoms with Crippen molar-refractivity contribution in [2.75, 3.05) is 0 Å². The van der Waals surface area contributed by atoms with E-state index in [0.717, 1.165) is 78.0 Å². The maximum absolute atomic E-state index is 12.6. The first-order valence-electron chi connectivity index (χ1n) is 24.4. The molecule has 69 heavy (non-hydrogen) atoms. The Hall–Kier alpha value is -7.04. The van der Waals surface area contributed by atoms with Gasteiger partial charge in [-0.15, -0.1) is 0 Å². The fourth-order valence-corrected chi connectivity index (χ4v) is 9.44. The molecule has 0 saturated carbocycles. The molecule has 9 aromatic rings. The zero-order valence-corrected chi connectivity index (χ0v) is 42.9. The summed E-state index contributed by atoms with van der Waals surface area (Å²) in [5.74, 6) is 0.957. The summed E-state index contributed by atoms with van der Waals surface area (Å²) in [4.78, 5) is 10.6. The first-order valence-corrected chi connectivity index (χ1v) is 24.4. The quantitative estimate of drug-likeness (QED) is 0.173. The fraction of sp³-hybridized carbons (Fsp3) is 0.262. The Bertz CT molecular complexity index is 3330. The Balaban J connectivity index is 1.31. The van der Waals surface area contributed by atoms with E-state index in [1.54, 1.807) is 0 Å². The van der Waals surface area contributed by atoms with Crippen molar-refractivity contribution in [3.8, 4) is 78.6 Å². The molecule has 0 aliphatic rings. The van der Waals surface area contributed by atoms with Crippen molar-refractivity contribution in [2.24, 2.45) is 0 Å². The van der Waals surface area contributed by atoms with Crippen molar-refractivity contribution in [1.29, 1.82) is 0 Å². The van der Waals surface area contributed by atoms with Gasteiger partial charge in [0.1, 0.15) is 11.6 Å². The topological polar surface area (TPSA) is 50.9 Å². The number of phenolic OH excluding ortho intramolecular Hbond substituents is 1. The molecule has 348 valence electrons. The number of pyridine rings is 1. The van der Waals surface area contributed by atoms with E-state index in [1.807, 2.05) is 12.3 Å². The van der Waals surface area contributed by atoms with Gasteiger partial charge in [-0.1, -0.05) is 186 Å². The second-order valence-electron chi connectivity index (χ2n) is 23.1. The molecule has 0 fully saturated rings. The van der Waals surface area contributed by atoms with Crippen molar-refractivity contribution in [2.45, 2.75) is 112 Å². The highest BCUT2D eigenvalue weighted by Gasteiger charge is 2.29. The average molecular weight is 906 g/mol. The van der Waals surface area contributed by atoms with E-state index in [1.165, 1.54) is 22.3 Å². The zero-order valence-electron chi connectivity index (χ0n) is 42.9. The van der Waals surface area contributed by atoms with Gasteiger partial charge in [0.25, 0.3) is 0 Å². The Labute approximate surface area is 410 Å². The predicted molar refractivity (Wildman–Crippen MR) is 293 cm³/mol. The van der Waals surface area contributed by atoms with Gasteiger partial charge in [0.05, 0.1) is 28.0 Å². The van der Waals surface area contributed by atoms with Crippen LogP contribution >= 0.6 is 0 Å². The molecule has 0 atom stereocenters. The number of aromatic nitrogens is 3. The molecular formula is C65H67N3O. The predicted octanol–water partition coefficient (Wildman–Crippen LogP) is 17.6. The number of benzene rings is 7. The minimum absolute atomic E-state index is 0.00702. The SMILES string of the molecule is Cc1cc(-c2cc(C(C)(C)C)cc(C(C)(C)C)c2)ccc1-n1c(-c2cc(C(C)(C)C)cc(C(C)(C)C)c2O)nc2c(-c3cc(-c4ccccc4)cc(-c4cc(-c5ccccc5)ccn4)c3)cccc21. The van der Waals surface area contributed by atoms with Crippen LogP contribution in [0, 0.1) is 6.92 Å². The van der Waals surface area contributed by atoms with Crippen molar-refractivity contribution >= 4 is 11.0 Å². The lowest BCUT2D eigenvalue weighted by molar-refractivity contribution is 0.446. The van der Waals surface area contributed by atoms with Crippen molar-refractivity contribution in [1.82, 2.24) is 14.5 Å².